The van der Waals surface area contributed by atoms with Crippen molar-refractivity contribution in [1.29, 1.82) is 0 Å². The molecule has 0 heterocycles. The van der Waals surface area contributed by atoms with Crippen LogP contribution in [0.1, 0.15) is 32.1 Å². The standard InChI is InChI=1S/C20H21ClF4N2O4/c21-13-2-1-11(5-14(13)22)31-16(17(26)29)18-7-19(8-18,9-18)27-15(28)6-30-12-3-10(4-12)20(23,24)25/h1-2,5,10,12,16H,3-4,6-9H2,(H2,26,29)(H,27,28). The molecule has 4 saturated carbocycles. The van der Waals surface area contributed by atoms with Gasteiger partial charge in [0.05, 0.1) is 17.0 Å². The van der Waals surface area contributed by atoms with Gasteiger partial charge in [-0.15, -0.1) is 0 Å². The Hall–Kier alpha value is -2.07. The van der Waals surface area contributed by atoms with Crippen LogP contribution in [0, 0.1) is 17.2 Å². The third kappa shape index (κ3) is 4.19. The Bertz CT molecular complexity index is 884. The van der Waals surface area contributed by atoms with Crippen LogP contribution < -0.4 is 15.8 Å². The molecule has 1 atom stereocenters. The number of carbonyl (C=O) groups excluding carboxylic acids is 2. The van der Waals surface area contributed by atoms with E-state index in [-0.39, 0.29) is 30.2 Å². The molecule has 0 saturated heterocycles. The number of nitrogens with two attached hydrogens (primary N) is 1. The number of primary amides is 1. The summed E-state index contributed by atoms with van der Waals surface area (Å²) in [5.41, 5.74) is 4.44. The van der Waals surface area contributed by atoms with Crippen molar-refractivity contribution in [3.05, 3.63) is 29.0 Å². The lowest BCUT2D eigenvalue weighted by atomic mass is 9.37. The third-order valence-corrected chi connectivity index (χ3v) is 6.75. The van der Waals surface area contributed by atoms with Gasteiger partial charge in [0.1, 0.15) is 18.2 Å². The molecule has 0 aromatic heterocycles. The van der Waals surface area contributed by atoms with Crippen molar-refractivity contribution in [1.82, 2.24) is 5.32 Å². The van der Waals surface area contributed by atoms with Crippen molar-refractivity contribution >= 4 is 23.4 Å². The van der Waals surface area contributed by atoms with Crippen LogP contribution in [0.4, 0.5) is 17.6 Å². The smallest absolute Gasteiger partial charge is 0.392 e. The Morgan fingerprint density at radius 1 is 1.26 bits per heavy atom. The molecule has 0 radical (unpaired) electrons. The molecular formula is C20H21ClF4N2O4. The summed E-state index contributed by atoms with van der Waals surface area (Å²) in [6.45, 7) is -0.316. The lowest BCUT2D eigenvalue weighted by Gasteiger charge is -2.71. The minimum Gasteiger partial charge on any atom is -0.480 e. The second-order valence-corrected chi connectivity index (χ2v) is 9.25. The Balaban J connectivity index is 1.25. The number of hydrogen-bond donors (Lipinski definition) is 2. The number of halogens is 5. The van der Waals surface area contributed by atoms with Crippen molar-refractivity contribution in [2.24, 2.45) is 17.1 Å². The summed E-state index contributed by atoms with van der Waals surface area (Å²) in [5.74, 6) is -3.03. The van der Waals surface area contributed by atoms with E-state index >= 15 is 0 Å². The van der Waals surface area contributed by atoms with E-state index in [9.17, 15) is 27.2 Å². The van der Waals surface area contributed by atoms with Crippen molar-refractivity contribution < 1.29 is 36.6 Å². The second-order valence-electron chi connectivity index (χ2n) is 8.84. The Labute approximate surface area is 180 Å². The Kier molecular flexibility index (Phi) is 5.36. The number of benzene rings is 1. The summed E-state index contributed by atoms with van der Waals surface area (Å²) in [4.78, 5) is 24.1. The van der Waals surface area contributed by atoms with E-state index in [0.717, 1.165) is 6.07 Å². The van der Waals surface area contributed by atoms with Crippen LogP contribution in [-0.2, 0) is 14.3 Å². The van der Waals surface area contributed by atoms with E-state index in [2.05, 4.69) is 5.32 Å². The second kappa shape index (κ2) is 7.51. The Morgan fingerprint density at radius 3 is 2.45 bits per heavy atom. The number of rotatable bonds is 8. The van der Waals surface area contributed by atoms with Gasteiger partial charge in [-0.3, -0.25) is 9.59 Å². The van der Waals surface area contributed by atoms with Crippen LogP contribution in [0.2, 0.25) is 5.02 Å². The average Bonchev–Trinajstić information content (AvgIpc) is 2.55. The van der Waals surface area contributed by atoms with Gasteiger partial charge in [0.2, 0.25) is 5.91 Å². The molecule has 170 valence electrons. The van der Waals surface area contributed by atoms with Crippen molar-refractivity contribution in [2.45, 2.75) is 56.0 Å². The summed E-state index contributed by atoms with van der Waals surface area (Å²) in [6.07, 6.45) is -4.68. The van der Waals surface area contributed by atoms with Crippen LogP contribution in [0.15, 0.2) is 18.2 Å². The zero-order chi connectivity index (χ0) is 22.6. The maximum absolute atomic E-state index is 13.6. The summed E-state index contributed by atoms with van der Waals surface area (Å²) >= 11 is 5.65. The number of carbonyl (C=O) groups is 2. The topological polar surface area (TPSA) is 90.7 Å². The molecule has 6 nitrogen and oxygen atoms in total. The first-order valence-electron chi connectivity index (χ1n) is 9.82. The van der Waals surface area contributed by atoms with Gasteiger partial charge in [0.25, 0.3) is 5.91 Å². The van der Waals surface area contributed by atoms with Gasteiger partial charge in [0.15, 0.2) is 6.10 Å². The highest BCUT2D eigenvalue weighted by Gasteiger charge is 2.73. The Morgan fingerprint density at radius 2 is 1.90 bits per heavy atom. The van der Waals surface area contributed by atoms with Crippen molar-refractivity contribution in [2.75, 3.05) is 6.61 Å². The predicted octanol–water partition coefficient (Wildman–Crippen LogP) is 3.11. The summed E-state index contributed by atoms with van der Waals surface area (Å²) < 4.78 is 62.0. The number of ether oxygens (including phenoxy) is 2. The van der Waals surface area contributed by atoms with Crippen LogP contribution in [-0.4, -0.2) is 42.3 Å². The molecule has 1 aromatic carbocycles. The zero-order valence-electron chi connectivity index (χ0n) is 16.3. The highest BCUT2D eigenvalue weighted by molar-refractivity contribution is 6.30. The van der Waals surface area contributed by atoms with E-state index in [1.807, 2.05) is 0 Å². The third-order valence-electron chi connectivity index (χ3n) is 6.44. The normalized spacial score (nSPS) is 32.2. The number of hydrogen-bond acceptors (Lipinski definition) is 4. The van der Waals surface area contributed by atoms with Gasteiger partial charge in [-0.05, 0) is 44.2 Å². The number of nitrogens with one attached hydrogen (secondary N) is 1. The van der Waals surface area contributed by atoms with Crippen LogP contribution in [0.25, 0.3) is 0 Å². The lowest BCUT2D eigenvalue weighted by molar-refractivity contribution is -0.221. The molecule has 2 bridgehead atoms. The monoisotopic (exact) mass is 464 g/mol. The molecule has 2 amide bonds. The van der Waals surface area contributed by atoms with Crippen molar-refractivity contribution in [3.8, 4) is 5.75 Å². The minimum absolute atomic E-state index is 0.0757. The molecule has 0 spiro atoms. The van der Waals surface area contributed by atoms with E-state index in [0.29, 0.717) is 19.3 Å². The maximum Gasteiger partial charge on any atom is 0.392 e. The fraction of sp³-hybridized carbons (Fsp3) is 0.600. The highest BCUT2D eigenvalue weighted by Crippen LogP contribution is 2.69. The summed E-state index contributed by atoms with van der Waals surface area (Å²) in [6, 6.07) is 3.82. The van der Waals surface area contributed by atoms with Crippen molar-refractivity contribution in [3.63, 3.8) is 0 Å². The fourth-order valence-electron chi connectivity index (χ4n) is 4.94. The van der Waals surface area contributed by atoms with Crippen LogP contribution in [0.5, 0.6) is 5.75 Å². The average molecular weight is 465 g/mol. The lowest BCUT2D eigenvalue weighted by Crippen LogP contribution is -2.79. The minimum atomic E-state index is -4.22. The molecule has 5 rings (SSSR count). The van der Waals surface area contributed by atoms with Gasteiger partial charge in [0, 0.05) is 17.0 Å². The molecule has 4 fully saturated rings. The highest BCUT2D eigenvalue weighted by atomic mass is 35.5. The van der Waals surface area contributed by atoms with E-state index in [4.69, 9.17) is 26.8 Å². The molecule has 31 heavy (non-hydrogen) atoms. The largest absolute Gasteiger partial charge is 0.480 e. The quantitative estimate of drug-likeness (QED) is 0.578. The van der Waals surface area contributed by atoms with E-state index < -0.39 is 52.9 Å². The molecule has 4 aliphatic carbocycles. The number of alkyl halides is 3. The first-order chi connectivity index (χ1) is 14.4. The summed E-state index contributed by atoms with van der Waals surface area (Å²) in [7, 11) is 0. The van der Waals surface area contributed by atoms with E-state index in [1.54, 1.807) is 0 Å². The molecule has 1 aromatic rings. The molecule has 0 aliphatic heterocycles. The van der Waals surface area contributed by atoms with Gasteiger partial charge in [-0.1, -0.05) is 11.6 Å². The first-order valence-corrected chi connectivity index (χ1v) is 10.2. The van der Waals surface area contributed by atoms with Crippen LogP contribution in [0.3, 0.4) is 0 Å². The molecular weight excluding hydrogens is 444 g/mol. The van der Waals surface area contributed by atoms with E-state index in [1.165, 1.54) is 12.1 Å². The maximum atomic E-state index is 13.6. The zero-order valence-corrected chi connectivity index (χ0v) is 17.1. The molecule has 3 N–H and O–H groups in total. The first kappa shape index (κ1) is 22.1. The van der Waals surface area contributed by atoms with Gasteiger partial charge in [-0.2, -0.15) is 13.2 Å². The molecule has 1 unspecified atom stereocenters. The summed E-state index contributed by atoms with van der Waals surface area (Å²) in [5, 5.41) is 2.76. The van der Waals surface area contributed by atoms with Gasteiger partial charge < -0.3 is 20.5 Å². The fourth-order valence-corrected chi connectivity index (χ4v) is 5.06. The SMILES string of the molecule is NC(=O)C(Oc1ccc(Cl)c(F)c1)C12CC(NC(=O)COC3CC(C(F)(F)F)C3)(C1)C2. The van der Waals surface area contributed by atoms with Gasteiger partial charge in [-0.25, -0.2) is 4.39 Å². The predicted molar refractivity (Wildman–Crippen MR) is 101 cm³/mol. The molecule has 4 aliphatic rings. The number of amides is 2. The molecule has 11 heteroatoms. The van der Waals surface area contributed by atoms with Crippen LogP contribution >= 0.6 is 11.6 Å². The van der Waals surface area contributed by atoms with Gasteiger partial charge >= 0.3 is 6.18 Å².